The highest BCUT2D eigenvalue weighted by atomic mass is 32.1. The summed E-state index contributed by atoms with van der Waals surface area (Å²) in [6, 6.07) is 8.10. The van der Waals surface area contributed by atoms with Crippen LogP contribution in [0.15, 0.2) is 42.2 Å². The van der Waals surface area contributed by atoms with Gasteiger partial charge in [0.05, 0.1) is 22.1 Å². The van der Waals surface area contributed by atoms with Crippen LogP contribution in [0.5, 0.6) is 0 Å². The van der Waals surface area contributed by atoms with Crippen LogP contribution in [-0.2, 0) is 16.1 Å². The molecule has 2 aromatic rings. The summed E-state index contributed by atoms with van der Waals surface area (Å²) < 4.78 is 0. The summed E-state index contributed by atoms with van der Waals surface area (Å²) in [7, 11) is 2.02. The maximum atomic E-state index is 12.2. The van der Waals surface area contributed by atoms with Crippen molar-refractivity contribution in [2.45, 2.75) is 52.2 Å². The number of hydrazine groups is 1. The molecular weight excluding hydrogens is 436 g/mol. The molecule has 1 amide bonds. The van der Waals surface area contributed by atoms with Crippen molar-refractivity contribution in [1.82, 2.24) is 20.2 Å². The molecule has 8 nitrogen and oxygen atoms in total. The van der Waals surface area contributed by atoms with E-state index in [-0.39, 0.29) is 23.9 Å². The summed E-state index contributed by atoms with van der Waals surface area (Å²) in [5.74, 6) is 5.80. The van der Waals surface area contributed by atoms with Crippen LogP contribution in [0.1, 0.15) is 37.9 Å². The van der Waals surface area contributed by atoms with Gasteiger partial charge in [0.15, 0.2) is 0 Å². The summed E-state index contributed by atoms with van der Waals surface area (Å²) in [5.41, 5.74) is 10.4. The second kappa shape index (κ2) is 13.1. The Morgan fingerprint density at radius 1 is 1.36 bits per heavy atom. The Kier molecular flexibility index (Phi) is 10.5. The quantitative estimate of drug-likeness (QED) is 0.307. The van der Waals surface area contributed by atoms with Crippen LogP contribution >= 0.6 is 11.3 Å². The number of benzene rings is 1. The van der Waals surface area contributed by atoms with Gasteiger partial charge in [0.1, 0.15) is 12.3 Å². The summed E-state index contributed by atoms with van der Waals surface area (Å²) in [4.78, 5) is 30.3. The van der Waals surface area contributed by atoms with Gasteiger partial charge in [-0.25, -0.2) is 10.8 Å². The Labute approximate surface area is 200 Å². The molecule has 1 aliphatic heterocycles. The van der Waals surface area contributed by atoms with Crippen LogP contribution in [0.3, 0.4) is 0 Å². The third-order valence-electron chi connectivity index (χ3n) is 5.68. The lowest BCUT2D eigenvalue weighted by atomic mass is 10.1. The standard InChI is InChI=1S/C17H21N3OS.C7H15N3O/c1-12-16(22-11-19-12)14-7-5-13(6-8-14)10-18-17(21)15-4-3-9-20(15)2;1-6(2)7(5-11)10(9)4-3-8/h5-8,11,15H,3-4,9-10H2,1-2H3,(H,18,21);3-7H,8-9H2,1-2H3/b;4-3-. The van der Waals surface area contributed by atoms with Crippen molar-refractivity contribution in [3.63, 3.8) is 0 Å². The van der Waals surface area contributed by atoms with Crippen molar-refractivity contribution in [1.29, 1.82) is 0 Å². The van der Waals surface area contributed by atoms with Crippen LogP contribution < -0.4 is 16.9 Å². The van der Waals surface area contributed by atoms with Gasteiger partial charge in [-0.05, 0) is 50.4 Å². The molecule has 2 unspecified atom stereocenters. The van der Waals surface area contributed by atoms with E-state index in [2.05, 4.69) is 39.5 Å². The van der Waals surface area contributed by atoms with E-state index in [9.17, 15) is 9.59 Å². The van der Waals surface area contributed by atoms with Gasteiger partial charge in [-0.3, -0.25) is 9.69 Å². The van der Waals surface area contributed by atoms with E-state index >= 15 is 0 Å². The molecule has 1 aromatic carbocycles. The second-order valence-corrected chi connectivity index (χ2v) is 9.33. The number of hydrogen-bond acceptors (Lipinski definition) is 8. The number of aldehydes is 1. The lowest BCUT2D eigenvalue weighted by Gasteiger charge is -2.23. The fourth-order valence-electron chi connectivity index (χ4n) is 3.67. The Bertz CT molecular complexity index is 912. The molecule has 180 valence electrons. The van der Waals surface area contributed by atoms with Gasteiger partial charge in [0, 0.05) is 18.9 Å². The summed E-state index contributed by atoms with van der Waals surface area (Å²) >= 11 is 1.66. The highest BCUT2D eigenvalue weighted by Crippen LogP contribution is 2.27. The van der Waals surface area contributed by atoms with Gasteiger partial charge >= 0.3 is 0 Å². The van der Waals surface area contributed by atoms with Crippen LogP contribution in [0.4, 0.5) is 0 Å². The number of nitrogens with zero attached hydrogens (tertiary/aromatic N) is 3. The predicted molar refractivity (Wildman–Crippen MR) is 134 cm³/mol. The lowest BCUT2D eigenvalue weighted by Crippen LogP contribution is -2.41. The summed E-state index contributed by atoms with van der Waals surface area (Å²) in [5, 5.41) is 4.35. The van der Waals surface area contributed by atoms with Gasteiger partial charge in [-0.2, -0.15) is 0 Å². The predicted octanol–water partition coefficient (Wildman–Crippen LogP) is 2.64. The van der Waals surface area contributed by atoms with Gasteiger partial charge < -0.3 is 20.9 Å². The van der Waals surface area contributed by atoms with Gasteiger partial charge in [-0.15, -0.1) is 11.3 Å². The minimum atomic E-state index is -0.296. The maximum Gasteiger partial charge on any atom is 0.237 e. The Balaban J connectivity index is 0.000000299. The number of nitrogens with two attached hydrogens (primary N) is 2. The molecule has 1 aliphatic rings. The number of amides is 1. The molecule has 0 bridgehead atoms. The number of aromatic nitrogens is 1. The van der Waals surface area contributed by atoms with E-state index in [1.54, 1.807) is 11.3 Å². The number of carbonyl (C=O) groups excluding carboxylic acids is 2. The van der Waals surface area contributed by atoms with Crippen molar-refractivity contribution in [3.05, 3.63) is 53.4 Å². The molecule has 0 radical (unpaired) electrons. The molecule has 33 heavy (non-hydrogen) atoms. The van der Waals surface area contributed by atoms with Crippen LogP contribution in [-0.4, -0.2) is 52.8 Å². The van der Waals surface area contributed by atoms with E-state index in [1.165, 1.54) is 27.8 Å². The number of likely N-dealkylation sites (tertiary alicyclic amines) is 1. The molecule has 5 N–H and O–H groups in total. The maximum absolute atomic E-state index is 12.2. The van der Waals surface area contributed by atoms with Crippen molar-refractivity contribution in [2.24, 2.45) is 17.5 Å². The third-order valence-corrected chi connectivity index (χ3v) is 6.65. The average Bonchev–Trinajstić information content (AvgIpc) is 3.41. The minimum absolute atomic E-state index is 0.0408. The van der Waals surface area contributed by atoms with Crippen molar-refractivity contribution in [2.75, 3.05) is 13.6 Å². The van der Waals surface area contributed by atoms with Gasteiger partial charge in [-0.1, -0.05) is 38.1 Å². The zero-order valence-corrected chi connectivity index (χ0v) is 20.7. The zero-order valence-electron chi connectivity index (χ0n) is 19.9. The molecule has 0 saturated carbocycles. The smallest absolute Gasteiger partial charge is 0.237 e. The third kappa shape index (κ3) is 7.66. The van der Waals surface area contributed by atoms with E-state index < -0.39 is 0 Å². The van der Waals surface area contributed by atoms with Crippen LogP contribution in [0.25, 0.3) is 10.4 Å². The van der Waals surface area contributed by atoms with E-state index in [4.69, 9.17) is 11.6 Å². The zero-order chi connectivity index (χ0) is 24.4. The minimum Gasteiger partial charge on any atom is -0.403 e. The first-order valence-corrected chi connectivity index (χ1v) is 12.0. The van der Waals surface area contributed by atoms with Crippen molar-refractivity contribution >= 4 is 23.5 Å². The number of likely N-dealkylation sites (N-methyl/N-ethyl adjacent to an activating group) is 1. The topological polar surface area (TPSA) is 118 Å². The highest BCUT2D eigenvalue weighted by molar-refractivity contribution is 7.13. The fourth-order valence-corrected chi connectivity index (χ4v) is 4.48. The molecule has 2 atom stereocenters. The normalized spacial score (nSPS) is 17.0. The second-order valence-electron chi connectivity index (χ2n) is 8.48. The van der Waals surface area contributed by atoms with Crippen LogP contribution in [0.2, 0.25) is 0 Å². The van der Waals surface area contributed by atoms with Crippen LogP contribution in [0, 0.1) is 12.8 Å². The molecule has 3 rings (SSSR count). The van der Waals surface area contributed by atoms with E-state index in [0.717, 1.165) is 36.9 Å². The molecule has 0 spiro atoms. The Morgan fingerprint density at radius 3 is 2.55 bits per heavy atom. The number of carbonyl (C=O) groups is 2. The molecule has 0 aliphatic carbocycles. The summed E-state index contributed by atoms with van der Waals surface area (Å²) in [6.07, 6.45) is 5.66. The first-order valence-electron chi connectivity index (χ1n) is 11.1. The van der Waals surface area contributed by atoms with Crippen molar-refractivity contribution < 1.29 is 9.59 Å². The SMILES string of the molecule is CC(C)C(C=O)N(N)/C=C\N.Cc1ncsc1-c1ccc(CNC(=O)C2CCCN2C)cc1. The molecule has 1 fully saturated rings. The number of thiazole rings is 1. The molecule has 1 aromatic heterocycles. The summed E-state index contributed by atoms with van der Waals surface area (Å²) in [6.45, 7) is 7.47. The Hall–Kier alpha value is -2.75. The molecule has 2 heterocycles. The molecular formula is C24H36N6O2S. The molecule has 1 saturated heterocycles. The van der Waals surface area contributed by atoms with Gasteiger partial charge in [0.25, 0.3) is 0 Å². The van der Waals surface area contributed by atoms with E-state index in [0.29, 0.717) is 6.54 Å². The number of aryl methyl sites for hydroxylation is 1. The van der Waals surface area contributed by atoms with E-state index in [1.807, 2.05) is 33.3 Å². The van der Waals surface area contributed by atoms with Gasteiger partial charge in [0.2, 0.25) is 5.91 Å². The number of hydrogen-bond donors (Lipinski definition) is 3. The lowest BCUT2D eigenvalue weighted by molar-refractivity contribution is -0.125. The highest BCUT2D eigenvalue weighted by Gasteiger charge is 2.27. The first kappa shape index (κ1) is 26.5. The number of nitrogens with one attached hydrogen (secondary N) is 1. The largest absolute Gasteiger partial charge is 0.403 e. The number of rotatable bonds is 8. The Morgan fingerprint density at radius 2 is 2.06 bits per heavy atom. The first-order chi connectivity index (χ1) is 15.8. The fraction of sp³-hybridized carbons (Fsp3) is 0.458. The molecule has 9 heteroatoms. The van der Waals surface area contributed by atoms with Crippen molar-refractivity contribution in [3.8, 4) is 10.4 Å². The monoisotopic (exact) mass is 472 g/mol. The average molecular weight is 473 g/mol.